The number of hydrogen-bond acceptors (Lipinski definition) is 5. The number of hydrogen-bond donors (Lipinski definition) is 0. The summed E-state index contributed by atoms with van der Waals surface area (Å²) in [6, 6.07) is 3.54. The molecule has 0 atom stereocenters. The highest BCUT2D eigenvalue weighted by Gasteiger charge is 2.43. The van der Waals surface area contributed by atoms with Crippen LogP contribution in [0.1, 0.15) is 24.5 Å². The highest BCUT2D eigenvalue weighted by atomic mass is 19.4. The second-order valence-electron chi connectivity index (χ2n) is 4.67. The molecule has 0 N–H and O–H groups in total. The molecule has 1 aromatic rings. The molecule has 1 saturated heterocycles. The Morgan fingerprint density at radius 1 is 1.38 bits per heavy atom. The number of piperidine rings is 1. The molecule has 1 aliphatic rings. The van der Waals surface area contributed by atoms with Crippen LogP contribution in [0.25, 0.3) is 0 Å². The average molecular weight is 304 g/mol. The first-order valence-corrected chi connectivity index (χ1v) is 6.44. The lowest BCUT2D eigenvalue weighted by Crippen LogP contribution is -2.39. The number of aromatic nitrogens is 1. The Morgan fingerprint density at radius 3 is 2.62 bits per heavy atom. The van der Waals surface area contributed by atoms with Gasteiger partial charge in [-0.2, -0.15) is 13.2 Å². The number of hydroxylamine groups is 2. The van der Waals surface area contributed by atoms with Crippen LogP contribution < -0.4 is 4.74 Å². The van der Waals surface area contributed by atoms with Crippen LogP contribution in [-0.4, -0.2) is 42.4 Å². The van der Waals surface area contributed by atoms with E-state index in [1.54, 1.807) is 25.4 Å². The summed E-state index contributed by atoms with van der Waals surface area (Å²) in [4.78, 5) is 19.3. The molecule has 2 heterocycles. The minimum atomic E-state index is -4.97. The van der Waals surface area contributed by atoms with Gasteiger partial charge in [0.1, 0.15) is 5.75 Å². The van der Waals surface area contributed by atoms with E-state index >= 15 is 0 Å². The molecule has 0 saturated carbocycles. The maximum atomic E-state index is 12.1. The van der Waals surface area contributed by atoms with Gasteiger partial charge < -0.3 is 9.57 Å². The van der Waals surface area contributed by atoms with Gasteiger partial charge in [0, 0.05) is 25.2 Å². The third-order valence-corrected chi connectivity index (χ3v) is 3.30. The summed E-state index contributed by atoms with van der Waals surface area (Å²) in [5.74, 6) is -1.46. The summed E-state index contributed by atoms with van der Waals surface area (Å²) in [5, 5.41) is 1.04. The zero-order valence-electron chi connectivity index (χ0n) is 11.4. The number of nitrogens with zero attached hydrogens (tertiary/aromatic N) is 2. The molecule has 5 nitrogen and oxygen atoms in total. The number of carbonyl (C=O) groups is 1. The van der Waals surface area contributed by atoms with E-state index in [1.165, 1.54) is 0 Å². The Kier molecular flexibility index (Phi) is 4.66. The van der Waals surface area contributed by atoms with Crippen molar-refractivity contribution in [1.29, 1.82) is 0 Å². The molecule has 0 spiro atoms. The van der Waals surface area contributed by atoms with Crippen molar-refractivity contribution in [3.63, 3.8) is 0 Å². The topological polar surface area (TPSA) is 51.7 Å². The lowest BCUT2D eigenvalue weighted by Gasteiger charge is -2.30. The summed E-state index contributed by atoms with van der Waals surface area (Å²) in [5.41, 5.74) is 0.779. The monoisotopic (exact) mass is 304 g/mol. The maximum absolute atomic E-state index is 12.1. The Labute approximate surface area is 119 Å². The summed E-state index contributed by atoms with van der Waals surface area (Å²) in [6.45, 7) is 0.457. The highest BCUT2D eigenvalue weighted by Crippen LogP contribution is 2.32. The highest BCUT2D eigenvalue weighted by molar-refractivity contribution is 5.75. The summed E-state index contributed by atoms with van der Waals surface area (Å²) < 4.78 is 41.6. The smallest absolute Gasteiger partial charge is 0.492 e. The summed E-state index contributed by atoms with van der Waals surface area (Å²) >= 11 is 0. The Bertz CT molecular complexity index is 500. The number of methoxy groups -OCH3 is 1. The van der Waals surface area contributed by atoms with E-state index in [4.69, 9.17) is 4.74 Å². The van der Waals surface area contributed by atoms with E-state index in [0.29, 0.717) is 18.6 Å². The lowest BCUT2D eigenvalue weighted by molar-refractivity contribution is -0.241. The van der Waals surface area contributed by atoms with Crippen LogP contribution in [0.3, 0.4) is 0 Å². The number of halogens is 3. The van der Waals surface area contributed by atoms with Gasteiger partial charge in [0.05, 0.1) is 12.8 Å². The van der Waals surface area contributed by atoms with E-state index < -0.39 is 12.1 Å². The normalized spacial score (nSPS) is 17.5. The first-order chi connectivity index (χ1) is 9.91. The van der Waals surface area contributed by atoms with Crippen LogP contribution in [0, 0.1) is 0 Å². The van der Waals surface area contributed by atoms with Crippen molar-refractivity contribution < 1.29 is 27.5 Å². The predicted octanol–water partition coefficient (Wildman–Crippen LogP) is 2.29. The van der Waals surface area contributed by atoms with E-state index in [2.05, 4.69) is 9.82 Å². The van der Waals surface area contributed by atoms with Gasteiger partial charge in [0.15, 0.2) is 0 Å². The minimum Gasteiger partial charge on any atom is -0.495 e. The summed E-state index contributed by atoms with van der Waals surface area (Å²) in [6.07, 6.45) is -2.24. The molecule has 0 amide bonds. The summed E-state index contributed by atoms with van der Waals surface area (Å²) in [7, 11) is 1.54. The van der Waals surface area contributed by atoms with Gasteiger partial charge in [0.2, 0.25) is 0 Å². The Balaban J connectivity index is 1.93. The zero-order chi connectivity index (χ0) is 15.5. The van der Waals surface area contributed by atoms with Gasteiger partial charge in [0.25, 0.3) is 0 Å². The fourth-order valence-corrected chi connectivity index (χ4v) is 2.27. The second-order valence-corrected chi connectivity index (χ2v) is 4.67. The SMILES string of the molecule is COc1cccnc1C1CCN(OC(=O)C(F)(F)F)CC1. The minimum absolute atomic E-state index is 0.0713. The van der Waals surface area contributed by atoms with Gasteiger partial charge in [-0.25, -0.2) is 4.79 Å². The number of pyridine rings is 1. The molecule has 0 unspecified atom stereocenters. The van der Waals surface area contributed by atoms with E-state index in [1.807, 2.05) is 0 Å². The van der Waals surface area contributed by atoms with Gasteiger partial charge in [-0.15, -0.1) is 5.06 Å². The maximum Gasteiger partial charge on any atom is 0.492 e. The van der Waals surface area contributed by atoms with Gasteiger partial charge in [-0.1, -0.05) is 0 Å². The van der Waals surface area contributed by atoms with Gasteiger partial charge in [-0.05, 0) is 25.0 Å². The molecular weight excluding hydrogens is 289 g/mol. The van der Waals surface area contributed by atoms with E-state index in [9.17, 15) is 18.0 Å². The van der Waals surface area contributed by atoms with Crippen LogP contribution in [0.2, 0.25) is 0 Å². The van der Waals surface area contributed by atoms with Crippen molar-refractivity contribution in [2.75, 3.05) is 20.2 Å². The Morgan fingerprint density at radius 2 is 2.05 bits per heavy atom. The predicted molar refractivity (Wildman–Crippen MR) is 66.5 cm³/mol. The largest absolute Gasteiger partial charge is 0.495 e. The van der Waals surface area contributed by atoms with E-state index in [-0.39, 0.29) is 19.0 Å². The Hall–Kier alpha value is -1.83. The van der Waals surface area contributed by atoms with Crippen LogP contribution in [0.15, 0.2) is 18.3 Å². The number of alkyl halides is 3. The van der Waals surface area contributed by atoms with Crippen LogP contribution in [0.5, 0.6) is 5.75 Å². The fraction of sp³-hybridized carbons (Fsp3) is 0.538. The zero-order valence-corrected chi connectivity index (χ0v) is 11.4. The molecule has 116 valence electrons. The molecule has 0 bridgehead atoms. The second kappa shape index (κ2) is 6.30. The van der Waals surface area contributed by atoms with Crippen LogP contribution in [-0.2, 0) is 9.63 Å². The van der Waals surface area contributed by atoms with Gasteiger partial charge in [-0.3, -0.25) is 4.98 Å². The first-order valence-electron chi connectivity index (χ1n) is 6.44. The van der Waals surface area contributed by atoms with Crippen molar-refractivity contribution in [2.24, 2.45) is 0 Å². The van der Waals surface area contributed by atoms with Crippen molar-refractivity contribution in [3.8, 4) is 5.75 Å². The molecule has 21 heavy (non-hydrogen) atoms. The standard InChI is InChI=1S/C13H15F3N2O3/c1-20-10-3-2-6-17-11(10)9-4-7-18(8-5-9)21-12(19)13(14,15)16/h2-3,6,9H,4-5,7-8H2,1H3. The van der Waals surface area contributed by atoms with Crippen molar-refractivity contribution >= 4 is 5.97 Å². The molecule has 2 rings (SSSR count). The molecule has 0 aromatic carbocycles. The van der Waals surface area contributed by atoms with E-state index in [0.717, 1.165) is 10.8 Å². The molecule has 0 aliphatic carbocycles. The molecule has 1 fully saturated rings. The fourth-order valence-electron chi connectivity index (χ4n) is 2.27. The molecular formula is C13H15F3N2O3. The molecule has 1 aromatic heterocycles. The van der Waals surface area contributed by atoms with Crippen LogP contribution >= 0.6 is 0 Å². The third kappa shape index (κ3) is 3.84. The average Bonchev–Trinajstić information content (AvgIpc) is 2.47. The first kappa shape index (κ1) is 15.6. The quantitative estimate of drug-likeness (QED) is 0.857. The third-order valence-electron chi connectivity index (χ3n) is 3.30. The number of carbonyl (C=O) groups excluding carboxylic acids is 1. The van der Waals surface area contributed by atoms with Crippen LogP contribution in [0.4, 0.5) is 13.2 Å². The molecule has 8 heteroatoms. The van der Waals surface area contributed by atoms with Gasteiger partial charge >= 0.3 is 12.1 Å². The van der Waals surface area contributed by atoms with Crippen molar-refractivity contribution in [1.82, 2.24) is 10.0 Å². The molecule has 0 radical (unpaired) electrons. The van der Waals surface area contributed by atoms with Crippen molar-refractivity contribution in [2.45, 2.75) is 24.9 Å². The number of rotatable bonds is 3. The molecule has 1 aliphatic heterocycles. The number of ether oxygens (including phenoxy) is 1. The lowest BCUT2D eigenvalue weighted by atomic mass is 9.93. The van der Waals surface area contributed by atoms with Crippen molar-refractivity contribution in [3.05, 3.63) is 24.0 Å².